The zero-order valence-corrected chi connectivity index (χ0v) is 22.8. The number of carbonyl (C=O) groups is 1. The Kier molecular flexibility index (Phi) is 24.6. The molecule has 0 heterocycles. The van der Waals surface area contributed by atoms with Crippen LogP contribution in [0.4, 0.5) is 5.69 Å². The van der Waals surface area contributed by atoms with E-state index in [0.717, 1.165) is 5.75 Å². The fraction of sp³-hybridized carbons (Fsp3) is 0.731. The molecule has 0 amide bonds. The molecule has 0 fully saturated rings. The van der Waals surface area contributed by atoms with Gasteiger partial charge in [-0.25, -0.2) is 4.79 Å². The van der Waals surface area contributed by atoms with Crippen LogP contribution in [0.3, 0.4) is 0 Å². The van der Waals surface area contributed by atoms with Crippen molar-refractivity contribution in [2.24, 2.45) is 0 Å². The highest BCUT2D eigenvalue weighted by Crippen LogP contribution is 2.12. The average molecular weight is 564 g/mol. The molecule has 0 saturated carbocycles. The maximum Gasteiger partial charge on any atom is 0.329 e. The molecule has 0 unspecified atom stereocenters. The van der Waals surface area contributed by atoms with E-state index in [1.807, 2.05) is 12.1 Å². The van der Waals surface area contributed by atoms with Crippen molar-refractivity contribution in [1.82, 2.24) is 0 Å². The quantitative estimate of drug-likeness (QED) is 0.101. The molecule has 0 saturated heterocycles. The monoisotopic (exact) mass is 563 g/mol. The van der Waals surface area contributed by atoms with Crippen LogP contribution in [0.1, 0.15) is 0 Å². The minimum atomic E-state index is -0.996. The second kappa shape index (κ2) is 27.5. The molecule has 0 aliphatic rings. The van der Waals surface area contributed by atoms with Gasteiger partial charge < -0.3 is 58.2 Å². The molecule has 3 N–H and O–H groups in total. The SMILES string of the molecule is Nc1ccc(OCCOCCOCCOCCOCCOCCOCCOCCOCCOCC(=O)O)cc1. The van der Waals surface area contributed by atoms with Gasteiger partial charge in [-0.05, 0) is 24.3 Å². The van der Waals surface area contributed by atoms with Crippen molar-refractivity contribution in [2.75, 3.05) is 131 Å². The van der Waals surface area contributed by atoms with Crippen LogP contribution < -0.4 is 10.5 Å². The van der Waals surface area contributed by atoms with Crippen LogP contribution in [0.5, 0.6) is 5.75 Å². The van der Waals surface area contributed by atoms with Gasteiger partial charge >= 0.3 is 5.97 Å². The van der Waals surface area contributed by atoms with Crippen LogP contribution >= 0.6 is 0 Å². The smallest absolute Gasteiger partial charge is 0.329 e. The molecule has 0 atom stereocenters. The Balaban J connectivity index is 1.64. The van der Waals surface area contributed by atoms with Crippen molar-refractivity contribution in [2.45, 2.75) is 0 Å². The molecule has 1 rings (SSSR count). The van der Waals surface area contributed by atoms with E-state index in [1.165, 1.54) is 0 Å². The first-order chi connectivity index (χ1) is 19.2. The lowest BCUT2D eigenvalue weighted by atomic mass is 10.3. The largest absolute Gasteiger partial charge is 0.491 e. The number of aliphatic carboxylic acids is 1. The summed E-state index contributed by atoms with van der Waals surface area (Å²) in [5, 5.41) is 8.41. The van der Waals surface area contributed by atoms with E-state index in [2.05, 4.69) is 0 Å². The third-order valence-electron chi connectivity index (χ3n) is 4.58. The fourth-order valence-electron chi connectivity index (χ4n) is 2.70. The first-order valence-electron chi connectivity index (χ1n) is 13.1. The predicted octanol–water partition coefficient (Wildman–Crippen LogP) is 0.882. The van der Waals surface area contributed by atoms with Gasteiger partial charge in [-0.15, -0.1) is 0 Å². The minimum Gasteiger partial charge on any atom is -0.491 e. The lowest BCUT2D eigenvalue weighted by Gasteiger charge is -2.09. The Hall–Kier alpha value is -2.07. The second-order valence-electron chi connectivity index (χ2n) is 7.76. The van der Waals surface area contributed by atoms with Gasteiger partial charge in [0.15, 0.2) is 0 Å². The van der Waals surface area contributed by atoms with E-state index >= 15 is 0 Å². The third kappa shape index (κ3) is 25.9. The molecule has 1 aromatic rings. The van der Waals surface area contributed by atoms with E-state index in [1.54, 1.807) is 12.1 Å². The van der Waals surface area contributed by atoms with E-state index < -0.39 is 5.97 Å². The Bertz CT molecular complexity index is 665. The fourth-order valence-corrected chi connectivity index (χ4v) is 2.70. The molecule has 13 nitrogen and oxygen atoms in total. The normalized spacial score (nSPS) is 11.2. The van der Waals surface area contributed by atoms with E-state index in [9.17, 15) is 4.79 Å². The second-order valence-corrected chi connectivity index (χ2v) is 7.76. The molecule has 0 spiro atoms. The molecule has 0 bridgehead atoms. The summed E-state index contributed by atoms with van der Waals surface area (Å²) in [6.45, 7) is 7.92. The highest BCUT2D eigenvalue weighted by atomic mass is 16.6. The van der Waals surface area contributed by atoms with Crippen molar-refractivity contribution in [3.63, 3.8) is 0 Å². The Morgan fingerprint density at radius 2 is 0.769 bits per heavy atom. The molecule has 226 valence electrons. The van der Waals surface area contributed by atoms with Crippen molar-refractivity contribution >= 4 is 11.7 Å². The van der Waals surface area contributed by atoms with Crippen LogP contribution in [0.25, 0.3) is 0 Å². The molecule has 0 aromatic heterocycles. The van der Waals surface area contributed by atoms with Gasteiger partial charge in [-0.2, -0.15) is 0 Å². The Morgan fingerprint density at radius 3 is 1.08 bits per heavy atom. The summed E-state index contributed by atoms with van der Waals surface area (Å²) in [6, 6.07) is 7.24. The molecule has 1 aromatic carbocycles. The Morgan fingerprint density at radius 1 is 0.487 bits per heavy atom. The van der Waals surface area contributed by atoms with Gasteiger partial charge in [0.05, 0.1) is 112 Å². The summed E-state index contributed by atoms with van der Waals surface area (Å²) in [4.78, 5) is 10.2. The number of nitrogen functional groups attached to an aromatic ring is 1. The van der Waals surface area contributed by atoms with E-state index in [4.69, 9.17) is 58.2 Å². The van der Waals surface area contributed by atoms with Crippen molar-refractivity contribution < 1.29 is 57.3 Å². The summed E-state index contributed by atoms with van der Waals surface area (Å²) in [5.41, 5.74) is 6.33. The van der Waals surface area contributed by atoms with Gasteiger partial charge in [-0.1, -0.05) is 0 Å². The van der Waals surface area contributed by atoms with Crippen LogP contribution in [0.2, 0.25) is 0 Å². The maximum atomic E-state index is 10.2. The molecule has 0 aliphatic carbocycles. The number of carboxylic acids is 1. The average Bonchev–Trinajstić information content (AvgIpc) is 2.93. The van der Waals surface area contributed by atoms with Gasteiger partial charge in [0.1, 0.15) is 19.0 Å². The number of ether oxygens (including phenoxy) is 10. The number of carboxylic acid groups (broad SMARTS) is 1. The summed E-state index contributed by atoms with van der Waals surface area (Å²) in [5.74, 6) is -0.229. The van der Waals surface area contributed by atoms with Crippen LogP contribution in [-0.4, -0.2) is 137 Å². The first-order valence-corrected chi connectivity index (χ1v) is 13.1. The number of nitrogens with two attached hydrogens (primary N) is 1. The summed E-state index contributed by atoms with van der Waals surface area (Å²) in [6.07, 6.45) is 0. The van der Waals surface area contributed by atoms with Gasteiger partial charge in [0.25, 0.3) is 0 Å². The van der Waals surface area contributed by atoms with Crippen LogP contribution in [-0.2, 0) is 47.4 Å². The molecular formula is C26H45NO12. The summed E-state index contributed by atoms with van der Waals surface area (Å²) < 4.78 is 53.6. The lowest BCUT2D eigenvalue weighted by Crippen LogP contribution is -2.15. The molecule has 13 heteroatoms. The van der Waals surface area contributed by atoms with Crippen LogP contribution in [0, 0.1) is 0 Å². The van der Waals surface area contributed by atoms with Crippen molar-refractivity contribution in [3.05, 3.63) is 24.3 Å². The molecular weight excluding hydrogens is 518 g/mol. The minimum absolute atomic E-state index is 0.242. The highest BCUT2D eigenvalue weighted by molar-refractivity contribution is 5.67. The summed E-state index contributed by atoms with van der Waals surface area (Å²) in [7, 11) is 0. The lowest BCUT2D eigenvalue weighted by molar-refractivity contribution is -0.142. The number of rotatable bonds is 30. The molecule has 0 aliphatic heterocycles. The predicted molar refractivity (Wildman–Crippen MR) is 141 cm³/mol. The number of anilines is 1. The van der Waals surface area contributed by atoms with Crippen molar-refractivity contribution in [3.8, 4) is 5.75 Å². The van der Waals surface area contributed by atoms with Crippen molar-refractivity contribution in [1.29, 1.82) is 0 Å². The number of hydrogen-bond acceptors (Lipinski definition) is 12. The zero-order valence-electron chi connectivity index (χ0n) is 22.8. The summed E-state index contributed by atoms with van der Waals surface area (Å²) >= 11 is 0. The number of hydrogen-bond donors (Lipinski definition) is 2. The Labute approximate surface area is 230 Å². The van der Waals surface area contributed by atoms with Gasteiger partial charge in [0.2, 0.25) is 0 Å². The van der Waals surface area contributed by atoms with Gasteiger partial charge in [0, 0.05) is 5.69 Å². The highest BCUT2D eigenvalue weighted by Gasteiger charge is 1.98. The standard InChI is InChI=1S/C26H45NO12/c27-24-1-3-25(4-2-24)39-22-21-37-18-17-35-14-13-33-10-9-31-6-5-30-7-8-32-11-12-34-15-16-36-19-20-38-23-26(28)29/h1-4H,5-23,27H2,(H,28,29). The van der Waals surface area contributed by atoms with Gasteiger partial charge in [-0.3, -0.25) is 0 Å². The zero-order chi connectivity index (χ0) is 28.1. The number of benzene rings is 1. The maximum absolute atomic E-state index is 10.2. The topological polar surface area (TPSA) is 156 Å². The van der Waals surface area contributed by atoms with E-state index in [0.29, 0.717) is 118 Å². The molecule has 39 heavy (non-hydrogen) atoms. The third-order valence-corrected chi connectivity index (χ3v) is 4.58. The van der Waals surface area contributed by atoms with E-state index in [-0.39, 0.29) is 13.2 Å². The first kappa shape index (κ1) is 35.0. The van der Waals surface area contributed by atoms with Crippen LogP contribution in [0.15, 0.2) is 24.3 Å². The molecule has 0 radical (unpaired) electrons.